The second-order valence-electron chi connectivity index (χ2n) is 6.42. The number of nitrogens with zero attached hydrogens (tertiary/aromatic N) is 1. The highest BCUT2D eigenvalue weighted by Gasteiger charge is 2.11. The third-order valence-electron chi connectivity index (χ3n) is 4.47. The van der Waals surface area contributed by atoms with Crippen molar-refractivity contribution in [1.29, 1.82) is 0 Å². The predicted molar refractivity (Wildman–Crippen MR) is 122 cm³/mol. The molecule has 0 spiro atoms. The van der Waals surface area contributed by atoms with E-state index in [1.807, 2.05) is 13.0 Å². The number of nitrogens with one attached hydrogen (secondary N) is 2. The Morgan fingerprint density at radius 1 is 1.18 bits per heavy atom. The SMILES string of the molecule is CCNC(=NCc1ccc(OC)c(O)c1)NCCc1ccc2c(c1)CCO2.I. The molecule has 152 valence electrons. The Morgan fingerprint density at radius 3 is 2.75 bits per heavy atom. The zero-order valence-corrected chi connectivity index (χ0v) is 18.7. The van der Waals surface area contributed by atoms with Gasteiger partial charge in [0.25, 0.3) is 0 Å². The van der Waals surface area contributed by atoms with Crippen LogP contribution in [0.5, 0.6) is 17.2 Å². The van der Waals surface area contributed by atoms with E-state index < -0.39 is 0 Å². The molecule has 2 aromatic carbocycles. The smallest absolute Gasteiger partial charge is 0.191 e. The monoisotopic (exact) mass is 497 g/mol. The van der Waals surface area contributed by atoms with Gasteiger partial charge in [-0.1, -0.05) is 18.2 Å². The molecule has 3 rings (SSSR count). The molecule has 0 radical (unpaired) electrons. The van der Waals surface area contributed by atoms with E-state index in [0.717, 1.165) is 49.8 Å². The van der Waals surface area contributed by atoms with Gasteiger partial charge in [-0.2, -0.15) is 0 Å². The third-order valence-corrected chi connectivity index (χ3v) is 4.47. The second-order valence-corrected chi connectivity index (χ2v) is 6.42. The van der Waals surface area contributed by atoms with Crippen LogP contribution in [0.25, 0.3) is 0 Å². The maximum Gasteiger partial charge on any atom is 0.191 e. The van der Waals surface area contributed by atoms with Crippen LogP contribution in [-0.2, 0) is 19.4 Å². The Balaban J connectivity index is 0.00000280. The maximum absolute atomic E-state index is 9.88. The number of ether oxygens (including phenoxy) is 2. The van der Waals surface area contributed by atoms with E-state index in [1.165, 1.54) is 18.2 Å². The summed E-state index contributed by atoms with van der Waals surface area (Å²) in [5, 5.41) is 16.5. The Kier molecular flexibility index (Phi) is 8.69. The van der Waals surface area contributed by atoms with Crippen molar-refractivity contribution in [2.45, 2.75) is 26.3 Å². The molecule has 3 N–H and O–H groups in total. The molecule has 28 heavy (non-hydrogen) atoms. The van der Waals surface area contributed by atoms with E-state index >= 15 is 0 Å². The molecule has 0 aliphatic carbocycles. The summed E-state index contributed by atoms with van der Waals surface area (Å²) in [6, 6.07) is 11.7. The molecule has 0 saturated heterocycles. The number of aromatic hydroxyl groups is 1. The zero-order valence-electron chi connectivity index (χ0n) is 16.3. The van der Waals surface area contributed by atoms with Gasteiger partial charge in [-0.15, -0.1) is 24.0 Å². The standard InChI is InChI=1S/C21H27N3O3.HI/c1-3-22-21(24-14-16-5-7-20(26-2)18(25)13-16)23-10-8-15-4-6-19-17(12-15)9-11-27-19;/h4-7,12-13,25H,3,8-11,14H2,1-2H3,(H2,22,23,24);1H. The molecule has 1 aliphatic heterocycles. The lowest BCUT2D eigenvalue weighted by molar-refractivity contribution is 0.357. The zero-order chi connectivity index (χ0) is 19.1. The highest BCUT2D eigenvalue weighted by Crippen LogP contribution is 2.27. The molecule has 0 unspecified atom stereocenters. The maximum atomic E-state index is 9.88. The summed E-state index contributed by atoms with van der Waals surface area (Å²) >= 11 is 0. The van der Waals surface area contributed by atoms with Gasteiger partial charge in [-0.25, -0.2) is 4.99 Å². The van der Waals surface area contributed by atoms with Crippen molar-refractivity contribution >= 4 is 29.9 Å². The minimum atomic E-state index is 0. The number of methoxy groups -OCH3 is 1. The molecule has 6 nitrogen and oxygen atoms in total. The molecule has 0 saturated carbocycles. The van der Waals surface area contributed by atoms with Gasteiger partial charge in [0.05, 0.1) is 20.3 Å². The van der Waals surface area contributed by atoms with Crippen LogP contribution in [0.4, 0.5) is 0 Å². The number of hydrogen-bond acceptors (Lipinski definition) is 4. The quantitative estimate of drug-likeness (QED) is 0.311. The minimum Gasteiger partial charge on any atom is -0.504 e. The number of benzene rings is 2. The summed E-state index contributed by atoms with van der Waals surface area (Å²) in [6.45, 7) is 4.88. The number of phenols is 1. The third kappa shape index (κ3) is 5.92. The molecular weight excluding hydrogens is 469 g/mol. The first-order valence-corrected chi connectivity index (χ1v) is 9.32. The number of aliphatic imine (C=N–C) groups is 1. The fourth-order valence-electron chi connectivity index (χ4n) is 3.07. The molecule has 1 heterocycles. The molecular formula is C21H28IN3O3. The van der Waals surface area contributed by atoms with Crippen molar-refractivity contribution < 1.29 is 14.6 Å². The van der Waals surface area contributed by atoms with Crippen LogP contribution in [-0.4, -0.2) is 37.9 Å². The Bertz CT molecular complexity index is 811. The van der Waals surface area contributed by atoms with Gasteiger partial charge in [0, 0.05) is 19.5 Å². The largest absolute Gasteiger partial charge is 0.504 e. The lowest BCUT2D eigenvalue weighted by Crippen LogP contribution is -2.38. The van der Waals surface area contributed by atoms with Crippen molar-refractivity contribution in [3.8, 4) is 17.2 Å². The van der Waals surface area contributed by atoms with Crippen molar-refractivity contribution in [3.63, 3.8) is 0 Å². The van der Waals surface area contributed by atoms with Crippen LogP contribution < -0.4 is 20.1 Å². The molecule has 0 aromatic heterocycles. The summed E-state index contributed by atoms with van der Waals surface area (Å²) in [7, 11) is 1.54. The van der Waals surface area contributed by atoms with Gasteiger partial charge < -0.3 is 25.2 Å². The topological polar surface area (TPSA) is 75.1 Å². The molecule has 0 atom stereocenters. The van der Waals surface area contributed by atoms with Gasteiger partial charge in [0.2, 0.25) is 0 Å². The van der Waals surface area contributed by atoms with Crippen molar-refractivity contribution in [1.82, 2.24) is 10.6 Å². The van der Waals surface area contributed by atoms with Gasteiger partial charge in [-0.05, 0) is 48.2 Å². The Hall–Kier alpha value is -2.16. The second kappa shape index (κ2) is 11.0. The highest BCUT2D eigenvalue weighted by atomic mass is 127. The molecule has 1 aliphatic rings. The van der Waals surface area contributed by atoms with E-state index in [0.29, 0.717) is 12.3 Å². The average molecular weight is 497 g/mol. The lowest BCUT2D eigenvalue weighted by atomic mass is 10.1. The van der Waals surface area contributed by atoms with Crippen molar-refractivity contribution in [2.75, 3.05) is 26.8 Å². The van der Waals surface area contributed by atoms with Crippen LogP contribution in [0, 0.1) is 0 Å². The summed E-state index contributed by atoms with van der Waals surface area (Å²) in [6.07, 6.45) is 1.91. The molecule has 0 bridgehead atoms. The molecule has 7 heteroatoms. The summed E-state index contributed by atoms with van der Waals surface area (Å²) < 4.78 is 10.6. The van der Waals surface area contributed by atoms with E-state index in [4.69, 9.17) is 9.47 Å². The average Bonchev–Trinajstić information content (AvgIpc) is 3.14. The first-order valence-electron chi connectivity index (χ1n) is 9.32. The van der Waals surface area contributed by atoms with Crippen LogP contribution >= 0.6 is 24.0 Å². The normalized spacial score (nSPS) is 12.6. The van der Waals surface area contributed by atoms with E-state index in [-0.39, 0.29) is 29.7 Å². The summed E-state index contributed by atoms with van der Waals surface area (Å²) in [4.78, 5) is 4.59. The van der Waals surface area contributed by atoms with E-state index in [1.54, 1.807) is 12.1 Å². The Morgan fingerprint density at radius 2 is 2.00 bits per heavy atom. The fraction of sp³-hybridized carbons (Fsp3) is 0.381. The van der Waals surface area contributed by atoms with Gasteiger partial charge >= 0.3 is 0 Å². The van der Waals surface area contributed by atoms with Crippen LogP contribution in [0.2, 0.25) is 0 Å². The highest BCUT2D eigenvalue weighted by molar-refractivity contribution is 14.0. The summed E-state index contributed by atoms with van der Waals surface area (Å²) in [5.41, 5.74) is 3.51. The Labute approximate surface area is 183 Å². The minimum absolute atomic E-state index is 0. The van der Waals surface area contributed by atoms with Crippen LogP contribution in [0.15, 0.2) is 41.4 Å². The first-order chi connectivity index (χ1) is 13.2. The number of rotatable bonds is 7. The lowest BCUT2D eigenvalue weighted by Gasteiger charge is -2.12. The van der Waals surface area contributed by atoms with Crippen molar-refractivity contribution in [3.05, 3.63) is 53.1 Å². The molecule has 2 aromatic rings. The first kappa shape index (κ1) is 22.1. The number of halogens is 1. The number of fused-ring (bicyclic) bond motifs is 1. The summed E-state index contributed by atoms with van der Waals surface area (Å²) in [5.74, 6) is 2.37. The predicted octanol–water partition coefficient (Wildman–Crippen LogP) is 3.25. The fourth-order valence-corrected chi connectivity index (χ4v) is 3.07. The molecule has 0 amide bonds. The number of hydrogen-bond donors (Lipinski definition) is 3. The van der Waals surface area contributed by atoms with E-state index in [9.17, 15) is 5.11 Å². The van der Waals surface area contributed by atoms with Gasteiger partial charge in [0.15, 0.2) is 17.5 Å². The van der Waals surface area contributed by atoms with Crippen LogP contribution in [0.1, 0.15) is 23.6 Å². The van der Waals surface area contributed by atoms with Crippen molar-refractivity contribution in [2.24, 2.45) is 4.99 Å². The number of phenolic OH excluding ortho intramolecular Hbond substituents is 1. The molecule has 0 fully saturated rings. The van der Waals surface area contributed by atoms with Gasteiger partial charge in [-0.3, -0.25) is 0 Å². The van der Waals surface area contributed by atoms with E-state index in [2.05, 4.69) is 33.8 Å². The van der Waals surface area contributed by atoms with Gasteiger partial charge in [0.1, 0.15) is 5.75 Å². The van der Waals surface area contributed by atoms with Crippen LogP contribution in [0.3, 0.4) is 0 Å². The number of guanidine groups is 1.